The van der Waals surface area contributed by atoms with Gasteiger partial charge in [-0.1, -0.05) is 48.5 Å². The van der Waals surface area contributed by atoms with E-state index in [0.717, 1.165) is 10.4 Å². The Morgan fingerprint density at radius 2 is 2.15 bits per heavy atom. The number of benzene rings is 1. The third-order valence-electron chi connectivity index (χ3n) is 4.28. The summed E-state index contributed by atoms with van der Waals surface area (Å²) >= 11 is 7.27. The molecule has 4 rings (SSSR count). The Labute approximate surface area is 164 Å². The van der Waals surface area contributed by atoms with E-state index in [-0.39, 0.29) is 17.0 Å². The van der Waals surface area contributed by atoms with Gasteiger partial charge < -0.3 is 5.11 Å². The standard InChI is InChI=1S/C20H14ClN3O2S/c1-2-13-6-5-7-14(10-13)17-18(25)23-9-4-3-8-16(23)24(19(17)26)12-15-11-22-20(21)27-15/h2-11H,1,12H2/p+1. The van der Waals surface area contributed by atoms with Crippen molar-refractivity contribution in [1.82, 2.24) is 9.38 Å². The minimum absolute atomic E-state index is 0.100. The molecule has 0 saturated heterocycles. The van der Waals surface area contributed by atoms with E-state index >= 15 is 0 Å². The third kappa shape index (κ3) is 3.13. The minimum Gasteiger partial charge on any atom is -0.477 e. The van der Waals surface area contributed by atoms with Gasteiger partial charge in [-0.3, -0.25) is 0 Å². The van der Waals surface area contributed by atoms with Gasteiger partial charge in [0.05, 0.1) is 11.1 Å². The highest BCUT2D eigenvalue weighted by Crippen LogP contribution is 2.25. The second-order valence-electron chi connectivity index (χ2n) is 5.93. The molecule has 1 aromatic carbocycles. The molecule has 4 aromatic rings. The maximum Gasteiger partial charge on any atom is 0.354 e. The Balaban J connectivity index is 2.02. The molecule has 27 heavy (non-hydrogen) atoms. The number of aromatic hydroxyl groups is 1. The molecule has 0 spiro atoms. The highest BCUT2D eigenvalue weighted by Gasteiger charge is 2.25. The van der Waals surface area contributed by atoms with Gasteiger partial charge in [-0.2, -0.15) is 8.97 Å². The van der Waals surface area contributed by atoms with Gasteiger partial charge >= 0.3 is 5.56 Å². The van der Waals surface area contributed by atoms with Crippen molar-refractivity contribution in [1.29, 1.82) is 0 Å². The summed E-state index contributed by atoms with van der Waals surface area (Å²) in [7, 11) is 0. The smallest absolute Gasteiger partial charge is 0.354 e. The molecule has 134 valence electrons. The van der Waals surface area contributed by atoms with Crippen LogP contribution in [0.15, 0.2) is 66.2 Å². The van der Waals surface area contributed by atoms with Crippen molar-refractivity contribution >= 4 is 34.7 Å². The third-order valence-corrected chi connectivity index (χ3v) is 5.38. The van der Waals surface area contributed by atoms with E-state index in [0.29, 0.717) is 22.2 Å². The van der Waals surface area contributed by atoms with Crippen LogP contribution in [-0.2, 0) is 6.54 Å². The van der Waals surface area contributed by atoms with Crippen LogP contribution in [0.1, 0.15) is 10.4 Å². The minimum atomic E-state index is -0.289. The molecule has 0 saturated carbocycles. The highest BCUT2D eigenvalue weighted by atomic mass is 35.5. The van der Waals surface area contributed by atoms with Gasteiger partial charge in [-0.05, 0) is 23.3 Å². The van der Waals surface area contributed by atoms with Crippen molar-refractivity contribution in [2.24, 2.45) is 0 Å². The fraction of sp³-hybridized carbons (Fsp3) is 0.0500. The van der Waals surface area contributed by atoms with Crippen LogP contribution in [0.2, 0.25) is 4.47 Å². The molecule has 0 aliphatic rings. The Morgan fingerprint density at radius 3 is 2.89 bits per heavy atom. The van der Waals surface area contributed by atoms with Crippen molar-refractivity contribution in [3.05, 3.63) is 86.7 Å². The lowest BCUT2D eigenvalue weighted by Crippen LogP contribution is -2.41. The first-order valence-electron chi connectivity index (χ1n) is 8.17. The first-order chi connectivity index (χ1) is 13.1. The van der Waals surface area contributed by atoms with Crippen LogP contribution >= 0.6 is 22.9 Å². The summed E-state index contributed by atoms with van der Waals surface area (Å²) in [4.78, 5) is 18.0. The molecule has 0 amide bonds. The van der Waals surface area contributed by atoms with E-state index in [1.807, 2.05) is 24.3 Å². The number of nitrogens with zero attached hydrogens (tertiary/aromatic N) is 3. The molecule has 0 bridgehead atoms. The zero-order chi connectivity index (χ0) is 19.0. The van der Waals surface area contributed by atoms with Crippen molar-refractivity contribution in [3.63, 3.8) is 0 Å². The zero-order valence-electron chi connectivity index (χ0n) is 14.2. The van der Waals surface area contributed by atoms with Crippen LogP contribution in [0, 0.1) is 0 Å². The van der Waals surface area contributed by atoms with E-state index < -0.39 is 0 Å². The van der Waals surface area contributed by atoms with E-state index in [4.69, 9.17) is 11.6 Å². The molecule has 1 N–H and O–H groups in total. The molecule has 3 heterocycles. The molecule has 5 nitrogen and oxygen atoms in total. The van der Waals surface area contributed by atoms with Gasteiger partial charge in [-0.25, -0.2) is 9.78 Å². The molecular weight excluding hydrogens is 382 g/mol. The zero-order valence-corrected chi connectivity index (χ0v) is 15.7. The first kappa shape index (κ1) is 17.5. The van der Waals surface area contributed by atoms with Crippen molar-refractivity contribution < 1.29 is 9.67 Å². The Bertz CT molecular complexity index is 1230. The Kier molecular flexibility index (Phi) is 4.51. The second kappa shape index (κ2) is 6.98. The highest BCUT2D eigenvalue weighted by molar-refractivity contribution is 7.15. The predicted molar refractivity (Wildman–Crippen MR) is 107 cm³/mol. The molecule has 0 fully saturated rings. The fourth-order valence-corrected chi connectivity index (χ4v) is 3.99. The van der Waals surface area contributed by atoms with Gasteiger partial charge in [0.2, 0.25) is 0 Å². The summed E-state index contributed by atoms with van der Waals surface area (Å²) in [5.74, 6) is -0.100. The molecule has 0 atom stereocenters. The van der Waals surface area contributed by atoms with Crippen LogP contribution in [0.4, 0.5) is 0 Å². The summed E-state index contributed by atoms with van der Waals surface area (Å²) in [5, 5.41) is 11.0. The van der Waals surface area contributed by atoms with Gasteiger partial charge in [0.15, 0.2) is 10.0 Å². The normalized spacial score (nSPS) is 11.0. The lowest BCUT2D eigenvalue weighted by atomic mass is 10.0. The average molecular weight is 397 g/mol. The maximum atomic E-state index is 13.1. The molecule has 0 unspecified atom stereocenters. The van der Waals surface area contributed by atoms with Crippen LogP contribution in [0.3, 0.4) is 0 Å². The Morgan fingerprint density at radius 1 is 1.30 bits per heavy atom. The number of hydrogen-bond donors (Lipinski definition) is 1. The van der Waals surface area contributed by atoms with Gasteiger partial charge in [0.25, 0.3) is 11.5 Å². The maximum absolute atomic E-state index is 13.1. The van der Waals surface area contributed by atoms with Gasteiger partial charge in [-0.15, -0.1) is 11.3 Å². The van der Waals surface area contributed by atoms with E-state index in [9.17, 15) is 9.90 Å². The van der Waals surface area contributed by atoms with E-state index in [1.165, 1.54) is 15.7 Å². The lowest BCUT2D eigenvalue weighted by Gasteiger charge is -2.09. The molecule has 0 aliphatic carbocycles. The second-order valence-corrected chi connectivity index (χ2v) is 7.63. The van der Waals surface area contributed by atoms with Crippen molar-refractivity contribution in [2.75, 3.05) is 0 Å². The number of pyridine rings is 1. The fourth-order valence-electron chi connectivity index (χ4n) is 3.03. The van der Waals surface area contributed by atoms with Gasteiger partial charge in [0.1, 0.15) is 6.54 Å². The van der Waals surface area contributed by atoms with Gasteiger partial charge in [0, 0.05) is 12.3 Å². The molecule has 3 aromatic heterocycles. The summed E-state index contributed by atoms with van der Waals surface area (Å²) in [6.07, 6.45) is 5.06. The van der Waals surface area contributed by atoms with E-state index in [2.05, 4.69) is 11.6 Å². The lowest BCUT2D eigenvalue weighted by molar-refractivity contribution is -0.671. The number of hydrogen-bond acceptors (Lipinski definition) is 4. The number of halogens is 1. The van der Waals surface area contributed by atoms with E-state index in [1.54, 1.807) is 41.2 Å². The largest absolute Gasteiger partial charge is 0.477 e. The molecular formula is C20H15ClN3O2S+. The SMILES string of the molecule is C=Cc1cccc(-c2c(O)[n+](Cc3cnc(Cl)s3)c3ccccn3c2=O)c1. The topological polar surface area (TPSA) is 58.5 Å². The van der Waals surface area contributed by atoms with Crippen LogP contribution < -0.4 is 10.1 Å². The number of thiazole rings is 1. The summed E-state index contributed by atoms with van der Waals surface area (Å²) < 4.78 is 3.64. The molecule has 0 aliphatic heterocycles. The number of aromatic nitrogens is 3. The number of fused-ring (bicyclic) bond motifs is 1. The van der Waals surface area contributed by atoms with Crippen molar-refractivity contribution in [2.45, 2.75) is 6.54 Å². The average Bonchev–Trinajstić information content (AvgIpc) is 3.10. The Hall–Kier alpha value is -2.96. The van der Waals surface area contributed by atoms with Crippen LogP contribution in [-0.4, -0.2) is 14.5 Å². The van der Waals surface area contributed by atoms with Crippen molar-refractivity contribution in [3.8, 4) is 17.0 Å². The van der Waals surface area contributed by atoms with Crippen LogP contribution in [0.25, 0.3) is 22.9 Å². The summed E-state index contributed by atoms with van der Waals surface area (Å²) in [6.45, 7) is 4.11. The first-order valence-corrected chi connectivity index (χ1v) is 9.37. The summed E-state index contributed by atoms with van der Waals surface area (Å²) in [6, 6.07) is 12.7. The summed E-state index contributed by atoms with van der Waals surface area (Å²) in [5.41, 5.74) is 2.02. The molecule has 0 radical (unpaired) electrons. The monoisotopic (exact) mass is 396 g/mol. The molecule has 7 heteroatoms. The van der Waals surface area contributed by atoms with Crippen LogP contribution in [0.5, 0.6) is 5.88 Å². The number of rotatable bonds is 4. The predicted octanol–water partition coefficient (Wildman–Crippen LogP) is 3.76. The quantitative estimate of drug-likeness (QED) is 0.534.